The first-order valence-electron chi connectivity index (χ1n) is 6.48. The van der Waals surface area contributed by atoms with Crippen molar-refractivity contribution in [1.82, 2.24) is 0 Å². The number of aliphatic carboxylic acids is 1. The molecule has 0 fully saturated rings. The van der Waals surface area contributed by atoms with Gasteiger partial charge in [-0.1, -0.05) is 41.5 Å². The molecule has 3 heteroatoms. The molecule has 0 amide bonds. The van der Waals surface area contributed by atoms with Crippen LogP contribution in [0.1, 0.15) is 37.0 Å². The third kappa shape index (κ3) is 2.75. The van der Waals surface area contributed by atoms with Crippen LogP contribution in [0.2, 0.25) is 0 Å². The fourth-order valence-electron chi connectivity index (χ4n) is 2.64. The smallest absolute Gasteiger partial charge is 0.307 e. The van der Waals surface area contributed by atoms with E-state index in [-0.39, 0.29) is 5.78 Å². The Balaban J connectivity index is 2.31. The van der Waals surface area contributed by atoms with Crippen molar-refractivity contribution in [2.45, 2.75) is 26.7 Å². The summed E-state index contributed by atoms with van der Waals surface area (Å²) >= 11 is 0. The number of hydrogen-bond acceptors (Lipinski definition) is 2. The van der Waals surface area contributed by atoms with Crippen molar-refractivity contribution in [3.05, 3.63) is 47.0 Å². The molecule has 0 aromatic heterocycles. The molecule has 3 nitrogen and oxygen atoms in total. The molecule has 0 unspecified atom stereocenters. The average Bonchev–Trinajstić information content (AvgIpc) is 2.41. The molecule has 0 saturated carbocycles. The van der Waals surface area contributed by atoms with Crippen LogP contribution in [-0.4, -0.2) is 16.9 Å². The number of carbonyl (C=O) groups is 2. The van der Waals surface area contributed by atoms with E-state index in [1.807, 2.05) is 19.9 Å². The summed E-state index contributed by atoms with van der Waals surface area (Å²) in [4.78, 5) is 23.9. The summed E-state index contributed by atoms with van der Waals surface area (Å²) in [6, 6.07) is 8.96. The highest BCUT2D eigenvalue weighted by Gasteiger charge is 2.37. The minimum Gasteiger partial charge on any atom is -0.481 e. The Labute approximate surface area is 113 Å². The van der Waals surface area contributed by atoms with Crippen molar-refractivity contribution in [2.75, 3.05) is 0 Å². The Kier molecular flexibility index (Phi) is 3.84. The van der Waals surface area contributed by atoms with Gasteiger partial charge in [-0.2, -0.15) is 0 Å². The van der Waals surface area contributed by atoms with E-state index in [9.17, 15) is 14.7 Å². The van der Waals surface area contributed by atoms with Gasteiger partial charge in [-0.3, -0.25) is 9.59 Å². The molecule has 1 aromatic rings. The fraction of sp³-hybridized carbons (Fsp3) is 0.375. The van der Waals surface area contributed by atoms with E-state index >= 15 is 0 Å². The van der Waals surface area contributed by atoms with Crippen molar-refractivity contribution in [3.63, 3.8) is 0 Å². The SMILES string of the molecule is CC1=C(C)C[C@H](C(=O)c2ccccc2)[C@@H](C(=O)O)C1. The number of carboxylic acid groups (broad SMARTS) is 1. The van der Waals surface area contributed by atoms with Crippen LogP contribution in [0.15, 0.2) is 41.5 Å². The summed E-state index contributed by atoms with van der Waals surface area (Å²) in [5, 5.41) is 9.33. The third-order valence-electron chi connectivity index (χ3n) is 3.98. The van der Waals surface area contributed by atoms with Crippen LogP contribution in [0.4, 0.5) is 0 Å². The van der Waals surface area contributed by atoms with Crippen LogP contribution in [-0.2, 0) is 4.79 Å². The van der Waals surface area contributed by atoms with Crippen molar-refractivity contribution in [2.24, 2.45) is 11.8 Å². The van der Waals surface area contributed by atoms with Crippen molar-refractivity contribution < 1.29 is 14.7 Å². The first-order chi connectivity index (χ1) is 9.00. The lowest BCUT2D eigenvalue weighted by molar-refractivity contribution is -0.143. The molecule has 0 aliphatic heterocycles. The lowest BCUT2D eigenvalue weighted by atomic mass is 9.73. The van der Waals surface area contributed by atoms with Gasteiger partial charge in [0, 0.05) is 11.5 Å². The number of benzene rings is 1. The maximum Gasteiger partial charge on any atom is 0.307 e. The van der Waals surface area contributed by atoms with Crippen LogP contribution in [0, 0.1) is 11.8 Å². The summed E-state index contributed by atoms with van der Waals surface area (Å²) in [5.74, 6) is -1.97. The molecule has 0 bridgehead atoms. The third-order valence-corrected chi connectivity index (χ3v) is 3.98. The molecule has 1 aliphatic carbocycles. The molecular formula is C16H18O3. The first kappa shape index (κ1) is 13.5. The highest BCUT2D eigenvalue weighted by Crippen LogP contribution is 2.36. The Hall–Kier alpha value is -1.90. The number of ketones is 1. The minimum atomic E-state index is -0.874. The summed E-state index contributed by atoms with van der Waals surface area (Å²) in [6.07, 6.45) is 1.03. The number of Topliss-reactive ketones (excluding diaryl/α,β-unsaturated/α-hetero) is 1. The van der Waals surface area contributed by atoms with E-state index in [4.69, 9.17) is 0 Å². The van der Waals surface area contributed by atoms with E-state index in [0.717, 1.165) is 11.1 Å². The summed E-state index contributed by atoms with van der Waals surface area (Å²) < 4.78 is 0. The van der Waals surface area contributed by atoms with Gasteiger partial charge in [-0.15, -0.1) is 0 Å². The Morgan fingerprint density at radius 3 is 2.05 bits per heavy atom. The maximum absolute atomic E-state index is 12.5. The number of rotatable bonds is 3. The highest BCUT2D eigenvalue weighted by atomic mass is 16.4. The van der Waals surface area contributed by atoms with Crippen molar-refractivity contribution >= 4 is 11.8 Å². The molecule has 19 heavy (non-hydrogen) atoms. The average molecular weight is 258 g/mol. The van der Waals surface area contributed by atoms with Gasteiger partial charge in [0.1, 0.15) is 0 Å². The normalized spacial score (nSPS) is 23.3. The second-order valence-electron chi connectivity index (χ2n) is 5.25. The van der Waals surface area contributed by atoms with Gasteiger partial charge in [0.15, 0.2) is 5.78 Å². The Morgan fingerprint density at radius 1 is 1.00 bits per heavy atom. The first-order valence-corrected chi connectivity index (χ1v) is 6.48. The summed E-state index contributed by atoms with van der Waals surface area (Å²) in [6.45, 7) is 3.94. The van der Waals surface area contributed by atoms with Crippen molar-refractivity contribution in [3.8, 4) is 0 Å². The second kappa shape index (κ2) is 5.39. The molecule has 0 radical (unpaired) electrons. The molecule has 2 rings (SSSR count). The van der Waals surface area contributed by atoms with E-state index < -0.39 is 17.8 Å². The van der Waals surface area contributed by atoms with Crippen LogP contribution in [0.3, 0.4) is 0 Å². The molecule has 0 heterocycles. The highest BCUT2D eigenvalue weighted by molar-refractivity contribution is 6.00. The lowest BCUT2D eigenvalue weighted by Gasteiger charge is -2.29. The van der Waals surface area contributed by atoms with Crippen molar-refractivity contribution in [1.29, 1.82) is 0 Å². The number of allylic oxidation sites excluding steroid dienone is 2. The van der Waals surface area contributed by atoms with E-state index in [1.165, 1.54) is 0 Å². The number of hydrogen-bond donors (Lipinski definition) is 1. The van der Waals surface area contributed by atoms with Gasteiger partial charge in [0.05, 0.1) is 5.92 Å². The quantitative estimate of drug-likeness (QED) is 0.668. The van der Waals surface area contributed by atoms with Gasteiger partial charge in [0.25, 0.3) is 0 Å². The predicted molar refractivity (Wildman–Crippen MR) is 73.0 cm³/mol. The largest absolute Gasteiger partial charge is 0.481 e. The molecule has 100 valence electrons. The fourth-order valence-corrected chi connectivity index (χ4v) is 2.64. The standard InChI is InChI=1S/C16H18O3/c1-10-8-13(14(16(18)19)9-11(10)2)15(17)12-6-4-3-5-7-12/h3-7,13-14H,8-9H2,1-2H3,(H,18,19)/t13-,14-/m0/s1. The lowest BCUT2D eigenvalue weighted by Crippen LogP contribution is -2.33. The molecule has 2 atom stereocenters. The molecule has 1 aliphatic rings. The zero-order valence-electron chi connectivity index (χ0n) is 11.2. The van der Waals surface area contributed by atoms with E-state index in [1.54, 1.807) is 24.3 Å². The Morgan fingerprint density at radius 2 is 1.53 bits per heavy atom. The maximum atomic E-state index is 12.5. The summed E-state index contributed by atoms with van der Waals surface area (Å²) in [7, 11) is 0. The molecule has 1 aromatic carbocycles. The van der Waals surface area contributed by atoms with E-state index in [0.29, 0.717) is 18.4 Å². The Bertz CT molecular complexity index is 528. The zero-order valence-corrected chi connectivity index (χ0v) is 11.2. The van der Waals surface area contributed by atoms with Crippen LogP contribution < -0.4 is 0 Å². The van der Waals surface area contributed by atoms with Gasteiger partial charge in [-0.05, 0) is 26.7 Å². The van der Waals surface area contributed by atoms with E-state index in [2.05, 4.69) is 0 Å². The monoisotopic (exact) mass is 258 g/mol. The minimum absolute atomic E-state index is 0.0557. The van der Waals surface area contributed by atoms with Gasteiger partial charge >= 0.3 is 5.97 Å². The number of carboxylic acids is 1. The van der Waals surface area contributed by atoms with Crippen LogP contribution >= 0.6 is 0 Å². The van der Waals surface area contributed by atoms with Crippen LogP contribution in [0.25, 0.3) is 0 Å². The predicted octanol–water partition coefficient (Wildman–Crippen LogP) is 3.32. The van der Waals surface area contributed by atoms with Gasteiger partial charge < -0.3 is 5.11 Å². The zero-order chi connectivity index (χ0) is 14.0. The van der Waals surface area contributed by atoms with Gasteiger partial charge in [-0.25, -0.2) is 0 Å². The molecule has 0 spiro atoms. The molecule has 0 saturated heterocycles. The second-order valence-corrected chi connectivity index (χ2v) is 5.25. The van der Waals surface area contributed by atoms with Crippen LogP contribution in [0.5, 0.6) is 0 Å². The topological polar surface area (TPSA) is 54.4 Å². The summed E-state index contributed by atoms with van der Waals surface area (Å²) in [5.41, 5.74) is 2.85. The molecular weight excluding hydrogens is 240 g/mol. The van der Waals surface area contributed by atoms with Gasteiger partial charge in [0.2, 0.25) is 0 Å². The molecule has 1 N–H and O–H groups in total. The number of carbonyl (C=O) groups excluding carboxylic acids is 1.